The Morgan fingerprint density at radius 2 is 2.17 bits per heavy atom. The van der Waals surface area contributed by atoms with Crippen LogP contribution in [-0.4, -0.2) is 12.1 Å². The monoisotopic (exact) mass is 360 g/mol. The first-order valence-corrected chi connectivity index (χ1v) is 10.1. The van der Waals surface area contributed by atoms with Gasteiger partial charge in [0.2, 0.25) is 0 Å². The summed E-state index contributed by atoms with van der Waals surface area (Å²) in [4.78, 5) is 14.9. The summed E-state index contributed by atoms with van der Waals surface area (Å²) < 4.78 is 0. The number of aryl methyl sites for hydroxylation is 1. The summed E-state index contributed by atoms with van der Waals surface area (Å²) in [6, 6.07) is 2.05. The second kappa shape index (κ2) is 6.81. The maximum Gasteiger partial charge on any atom is 0.272 e. The van der Waals surface area contributed by atoms with Gasteiger partial charge in [-0.3, -0.25) is 4.79 Å². The van der Waals surface area contributed by atoms with E-state index in [4.69, 9.17) is 0 Å². The number of carbonyl (C=O) groups excluding carboxylic acids is 1. The van der Waals surface area contributed by atoms with Crippen molar-refractivity contribution in [1.82, 2.24) is 5.43 Å². The van der Waals surface area contributed by atoms with Gasteiger partial charge in [0.25, 0.3) is 5.91 Å². The summed E-state index contributed by atoms with van der Waals surface area (Å²) >= 11 is 3.35. The molecule has 1 N–H and O–H groups in total. The number of fused-ring (bicyclic) bond motifs is 1. The molecule has 0 spiro atoms. The number of amides is 1. The van der Waals surface area contributed by atoms with Gasteiger partial charge in [0.15, 0.2) is 0 Å². The number of nitrogens with zero attached hydrogens (tertiary/aromatic N) is 1. The van der Waals surface area contributed by atoms with Crippen LogP contribution in [0.3, 0.4) is 0 Å². The smallest absolute Gasteiger partial charge is 0.267 e. The topological polar surface area (TPSA) is 41.5 Å². The van der Waals surface area contributed by atoms with E-state index in [1.807, 2.05) is 17.7 Å². The van der Waals surface area contributed by atoms with Crippen LogP contribution in [0.1, 0.15) is 58.4 Å². The Labute approximate surface area is 151 Å². The molecule has 0 saturated heterocycles. The molecular weight excluding hydrogens is 336 g/mol. The number of nitrogens with one attached hydrogen (secondary N) is 1. The van der Waals surface area contributed by atoms with Crippen molar-refractivity contribution in [1.29, 1.82) is 0 Å². The fourth-order valence-electron chi connectivity index (χ4n) is 3.17. The fourth-order valence-corrected chi connectivity index (χ4v) is 5.12. The molecule has 0 aliphatic heterocycles. The number of rotatable bonds is 3. The highest BCUT2D eigenvalue weighted by atomic mass is 32.1. The maximum atomic E-state index is 12.5. The van der Waals surface area contributed by atoms with E-state index in [0.29, 0.717) is 11.3 Å². The minimum absolute atomic E-state index is 0.0906. The van der Waals surface area contributed by atoms with E-state index in [-0.39, 0.29) is 5.91 Å². The first-order valence-electron chi connectivity index (χ1n) is 8.33. The summed E-state index contributed by atoms with van der Waals surface area (Å²) in [6.07, 6.45) is 4.98. The number of hydrogen-bond acceptors (Lipinski definition) is 4. The molecule has 0 saturated carbocycles. The lowest BCUT2D eigenvalue weighted by Gasteiger charge is -2.33. The summed E-state index contributed by atoms with van der Waals surface area (Å²) in [5.41, 5.74) is 6.24. The number of carbonyl (C=O) groups is 1. The van der Waals surface area contributed by atoms with Crippen molar-refractivity contribution in [3.05, 3.63) is 43.3 Å². The van der Waals surface area contributed by atoms with Gasteiger partial charge >= 0.3 is 0 Å². The molecule has 0 fully saturated rings. The highest BCUT2D eigenvalue weighted by Crippen LogP contribution is 2.40. The van der Waals surface area contributed by atoms with Crippen LogP contribution in [0.15, 0.2) is 21.9 Å². The van der Waals surface area contributed by atoms with E-state index in [9.17, 15) is 4.79 Å². The lowest BCUT2D eigenvalue weighted by Crippen LogP contribution is -2.27. The van der Waals surface area contributed by atoms with Crippen LogP contribution in [0, 0.1) is 18.3 Å². The van der Waals surface area contributed by atoms with Crippen LogP contribution in [0.4, 0.5) is 0 Å². The normalized spacial score (nSPS) is 17.9. The molecule has 0 aromatic carbocycles. The Balaban J connectivity index is 1.68. The van der Waals surface area contributed by atoms with Crippen molar-refractivity contribution in [3.8, 4) is 0 Å². The van der Waals surface area contributed by atoms with Crippen molar-refractivity contribution in [2.24, 2.45) is 16.4 Å². The van der Waals surface area contributed by atoms with Crippen molar-refractivity contribution in [2.45, 2.75) is 47.0 Å². The molecule has 2 aromatic rings. The molecule has 0 unspecified atom stereocenters. The third-order valence-electron chi connectivity index (χ3n) is 4.87. The predicted octanol–water partition coefficient (Wildman–Crippen LogP) is 5.03. The van der Waals surface area contributed by atoms with Crippen LogP contribution >= 0.6 is 22.7 Å². The Hall–Kier alpha value is -1.46. The maximum absolute atomic E-state index is 12.5. The zero-order valence-electron chi connectivity index (χ0n) is 14.7. The molecular formula is C19H24N2OS2. The molecule has 2 heterocycles. The van der Waals surface area contributed by atoms with E-state index < -0.39 is 0 Å². The van der Waals surface area contributed by atoms with Gasteiger partial charge in [0.05, 0.1) is 11.8 Å². The van der Waals surface area contributed by atoms with Gasteiger partial charge in [0.1, 0.15) is 0 Å². The Morgan fingerprint density at radius 1 is 1.38 bits per heavy atom. The average molecular weight is 361 g/mol. The number of hydrazone groups is 1. The van der Waals surface area contributed by atoms with Gasteiger partial charge in [-0.1, -0.05) is 20.8 Å². The second-order valence-corrected chi connectivity index (χ2v) is 9.44. The second-order valence-electron chi connectivity index (χ2n) is 7.52. The molecule has 0 bridgehead atoms. The molecule has 128 valence electrons. The Morgan fingerprint density at radius 3 is 2.83 bits per heavy atom. The van der Waals surface area contributed by atoms with Crippen LogP contribution in [0.25, 0.3) is 0 Å². The Bertz CT molecular complexity index is 765. The molecule has 3 rings (SSSR count). The van der Waals surface area contributed by atoms with E-state index >= 15 is 0 Å². The van der Waals surface area contributed by atoms with E-state index in [2.05, 4.69) is 37.4 Å². The van der Waals surface area contributed by atoms with Gasteiger partial charge in [0, 0.05) is 15.1 Å². The number of thiophene rings is 2. The third-order valence-corrected chi connectivity index (χ3v) is 6.88. The first-order chi connectivity index (χ1) is 11.4. The van der Waals surface area contributed by atoms with Gasteiger partial charge in [-0.2, -0.15) is 5.10 Å². The number of hydrogen-bond donors (Lipinski definition) is 1. The lowest BCUT2D eigenvalue weighted by molar-refractivity contribution is 0.0954. The zero-order chi connectivity index (χ0) is 17.3. The average Bonchev–Trinajstić information content (AvgIpc) is 3.12. The molecule has 1 aliphatic carbocycles. The van der Waals surface area contributed by atoms with Crippen molar-refractivity contribution < 1.29 is 4.79 Å². The van der Waals surface area contributed by atoms with E-state index in [1.165, 1.54) is 16.0 Å². The predicted molar refractivity (Wildman–Crippen MR) is 103 cm³/mol. The largest absolute Gasteiger partial charge is 0.272 e. The van der Waals surface area contributed by atoms with Crippen LogP contribution < -0.4 is 5.43 Å². The van der Waals surface area contributed by atoms with E-state index in [1.54, 1.807) is 28.9 Å². The summed E-state index contributed by atoms with van der Waals surface area (Å²) in [7, 11) is 0. The van der Waals surface area contributed by atoms with Gasteiger partial charge in [-0.05, 0) is 60.1 Å². The fraction of sp³-hybridized carbons (Fsp3) is 0.474. The third kappa shape index (κ3) is 3.62. The van der Waals surface area contributed by atoms with Crippen LogP contribution in [0.5, 0.6) is 0 Å². The standard InChI is InChI=1S/C19H24N2OS2/c1-12-7-8-23-17(12)10-20-21-18(22)15-11-24-16-9-13(19(2,3)4)5-6-14(15)16/h7-8,10-11,13H,5-6,9H2,1-4H3,(H,21,22)/b20-10-/t13-/m1/s1. The van der Waals surface area contributed by atoms with Gasteiger partial charge in [-0.15, -0.1) is 22.7 Å². The highest BCUT2D eigenvalue weighted by molar-refractivity contribution is 7.12. The molecule has 1 atom stereocenters. The minimum Gasteiger partial charge on any atom is -0.267 e. The lowest BCUT2D eigenvalue weighted by atomic mass is 9.72. The Kier molecular flexibility index (Phi) is 4.92. The zero-order valence-corrected chi connectivity index (χ0v) is 16.3. The molecule has 5 heteroatoms. The van der Waals surface area contributed by atoms with Crippen LogP contribution in [-0.2, 0) is 12.8 Å². The summed E-state index contributed by atoms with van der Waals surface area (Å²) in [5.74, 6) is 0.603. The molecule has 2 aromatic heterocycles. The highest BCUT2D eigenvalue weighted by Gasteiger charge is 2.31. The minimum atomic E-state index is -0.0906. The van der Waals surface area contributed by atoms with Gasteiger partial charge < -0.3 is 0 Å². The molecule has 1 aliphatic rings. The van der Waals surface area contributed by atoms with Crippen molar-refractivity contribution in [2.75, 3.05) is 0 Å². The SMILES string of the molecule is Cc1ccsc1/C=N\NC(=O)c1csc2c1CC[C@@H](C(C)(C)C)C2. The summed E-state index contributed by atoms with van der Waals surface area (Å²) in [6.45, 7) is 8.97. The van der Waals surface area contributed by atoms with Crippen LogP contribution in [0.2, 0.25) is 0 Å². The first kappa shape index (κ1) is 17.4. The quantitative estimate of drug-likeness (QED) is 0.605. The van der Waals surface area contributed by atoms with Gasteiger partial charge in [-0.25, -0.2) is 5.43 Å². The molecule has 0 radical (unpaired) electrons. The van der Waals surface area contributed by atoms with E-state index in [0.717, 1.165) is 29.7 Å². The van der Waals surface area contributed by atoms with Crippen molar-refractivity contribution >= 4 is 34.8 Å². The molecule has 24 heavy (non-hydrogen) atoms. The van der Waals surface area contributed by atoms with Crippen molar-refractivity contribution in [3.63, 3.8) is 0 Å². The molecule has 3 nitrogen and oxygen atoms in total. The summed E-state index contributed by atoms with van der Waals surface area (Å²) in [5, 5.41) is 8.15. The molecule has 1 amide bonds.